The van der Waals surface area contributed by atoms with Crippen LogP contribution in [0, 0.1) is 5.21 Å². The molecular weight excluding hydrogens is 164 g/mol. The number of nitrogens with zero attached hydrogens (tertiary/aromatic N) is 2. The first kappa shape index (κ1) is 12.9. The Labute approximate surface area is 82.3 Å². The van der Waals surface area contributed by atoms with E-state index < -0.39 is 0 Å². The molecule has 0 fully saturated rings. The van der Waals surface area contributed by atoms with E-state index in [1.165, 1.54) is 17.9 Å². The van der Waals surface area contributed by atoms with Gasteiger partial charge in [-0.3, -0.25) is 0 Å². The SMILES string of the molecule is CCCCCN([O-])CCCN(C)C. The molecule has 0 N–H and O–H groups in total. The second-order valence-electron chi connectivity index (χ2n) is 3.79. The summed E-state index contributed by atoms with van der Waals surface area (Å²) in [5, 5.41) is 12.4. The van der Waals surface area contributed by atoms with Gasteiger partial charge in [0.1, 0.15) is 0 Å². The third-order valence-corrected chi connectivity index (χ3v) is 2.02. The van der Waals surface area contributed by atoms with E-state index in [-0.39, 0.29) is 0 Å². The average Bonchev–Trinajstić information content (AvgIpc) is 2.04. The van der Waals surface area contributed by atoms with Gasteiger partial charge in [0.2, 0.25) is 0 Å². The van der Waals surface area contributed by atoms with Crippen molar-refractivity contribution in [2.45, 2.75) is 32.6 Å². The molecule has 0 aromatic rings. The molecule has 13 heavy (non-hydrogen) atoms. The molecule has 80 valence electrons. The Morgan fingerprint density at radius 2 is 1.54 bits per heavy atom. The van der Waals surface area contributed by atoms with Crippen molar-refractivity contribution in [2.24, 2.45) is 0 Å². The number of hydrogen-bond donors (Lipinski definition) is 0. The first-order chi connectivity index (χ1) is 6.16. The molecule has 0 aliphatic heterocycles. The summed E-state index contributed by atoms with van der Waals surface area (Å²) in [4.78, 5) is 2.11. The van der Waals surface area contributed by atoms with Crippen molar-refractivity contribution < 1.29 is 0 Å². The molecule has 0 amide bonds. The summed E-state index contributed by atoms with van der Waals surface area (Å²) in [5.74, 6) is 0. The molecule has 0 aliphatic carbocycles. The van der Waals surface area contributed by atoms with Crippen molar-refractivity contribution in [1.29, 1.82) is 0 Å². The largest absolute Gasteiger partial charge is 0.785 e. The maximum atomic E-state index is 11.2. The van der Waals surface area contributed by atoms with E-state index in [4.69, 9.17) is 0 Å². The number of rotatable bonds is 8. The number of hydrogen-bond acceptors (Lipinski definition) is 3. The predicted molar refractivity (Wildman–Crippen MR) is 57.6 cm³/mol. The van der Waals surface area contributed by atoms with Crippen LogP contribution in [0.1, 0.15) is 32.6 Å². The van der Waals surface area contributed by atoms with E-state index in [9.17, 15) is 5.21 Å². The Kier molecular flexibility index (Phi) is 8.40. The zero-order chi connectivity index (χ0) is 10.1. The third-order valence-electron chi connectivity index (χ3n) is 2.02. The van der Waals surface area contributed by atoms with Crippen molar-refractivity contribution in [3.05, 3.63) is 5.21 Å². The quantitative estimate of drug-likeness (QED) is 0.429. The standard InChI is InChI=1S/C10H23N2O/c1-4-5-6-9-12(13)10-7-8-11(2)3/h4-10H2,1-3H3/q-1. The minimum absolute atomic E-state index is 0.682. The van der Waals surface area contributed by atoms with E-state index in [1.54, 1.807) is 0 Å². The molecule has 0 aromatic heterocycles. The van der Waals surface area contributed by atoms with Crippen molar-refractivity contribution in [3.8, 4) is 0 Å². The molecule has 0 saturated heterocycles. The van der Waals surface area contributed by atoms with Gasteiger partial charge in [-0.25, -0.2) is 0 Å². The van der Waals surface area contributed by atoms with Crippen LogP contribution < -0.4 is 0 Å². The van der Waals surface area contributed by atoms with Crippen molar-refractivity contribution in [3.63, 3.8) is 0 Å². The minimum atomic E-state index is 0.682. The lowest BCUT2D eigenvalue weighted by atomic mass is 10.2. The first-order valence-electron chi connectivity index (χ1n) is 5.23. The highest BCUT2D eigenvalue weighted by Crippen LogP contribution is 1.98. The van der Waals surface area contributed by atoms with Gasteiger partial charge in [-0.05, 0) is 46.6 Å². The average molecular weight is 187 g/mol. The van der Waals surface area contributed by atoms with Crippen molar-refractivity contribution in [2.75, 3.05) is 33.7 Å². The molecule has 0 aliphatic rings. The van der Waals surface area contributed by atoms with Crippen LogP contribution in [0.3, 0.4) is 0 Å². The van der Waals surface area contributed by atoms with Crippen molar-refractivity contribution in [1.82, 2.24) is 9.96 Å². The number of unbranched alkanes of at least 4 members (excludes halogenated alkanes) is 2. The third kappa shape index (κ3) is 9.80. The highest BCUT2D eigenvalue weighted by Gasteiger charge is 1.93. The van der Waals surface area contributed by atoms with E-state index in [1.807, 2.05) is 14.1 Å². The Bertz CT molecular complexity index is 107. The molecule has 0 aromatic carbocycles. The summed E-state index contributed by atoms with van der Waals surface area (Å²) in [7, 11) is 4.07. The van der Waals surface area contributed by atoms with Gasteiger partial charge in [0.05, 0.1) is 0 Å². The molecule has 0 heterocycles. The molecule has 3 nitrogen and oxygen atoms in total. The van der Waals surface area contributed by atoms with Crippen LogP contribution in [0.4, 0.5) is 0 Å². The summed E-state index contributed by atoms with van der Waals surface area (Å²) >= 11 is 0. The summed E-state index contributed by atoms with van der Waals surface area (Å²) in [6.07, 6.45) is 4.38. The van der Waals surface area contributed by atoms with Gasteiger partial charge >= 0.3 is 0 Å². The van der Waals surface area contributed by atoms with Crippen LogP contribution in [0.2, 0.25) is 0 Å². The molecule has 0 spiro atoms. The molecule has 0 bridgehead atoms. The lowest BCUT2D eigenvalue weighted by molar-refractivity contribution is 0.322. The molecule has 0 atom stereocenters. The fourth-order valence-electron chi connectivity index (χ4n) is 1.21. The van der Waals surface area contributed by atoms with Crippen LogP contribution in [0.15, 0.2) is 0 Å². The van der Waals surface area contributed by atoms with E-state index >= 15 is 0 Å². The van der Waals surface area contributed by atoms with E-state index in [2.05, 4.69) is 11.8 Å². The molecule has 3 heteroatoms. The Balaban J connectivity index is 3.15. The Morgan fingerprint density at radius 3 is 2.08 bits per heavy atom. The van der Waals surface area contributed by atoms with Crippen LogP contribution >= 0.6 is 0 Å². The van der Waals surface area contributed by atoms with Gasteiger partial charge in [0.25, 0.3) is 0 Å². The molecule has 0 radical (unpaired) electrons. The van der Waals surface area contributed by atoms with Crippen LogP contribution in [-0.4, -0.2) is 43.7 Å². The molecule has 0 rings (SSSR count). The summed E-state index contributed by atoms with van der Waals surface area (Å²) in [6.45, 7) is 4.55. The monoisotopic (exact) mass is 187 g/mol. The van der Waals surface area contributed by atoms with Gasteiger partial charge in [-0.2, -0.15) is 0 Å². The fraction of sp³-hybridized carbons (Fsp3) is 1.00. The Morgan fingerprint density at radius 1 is 0.923 bits per heavy atom. The van der Waals surface area contributed by atoms with Gasteiger partial charge < -0.3 is 15.2 Å². The maximum Gasteiger partial charge on any atom is -0.00130 e. The molecule has 0 saturated carbocycles. The van der Waals surface area contributed by atoms with E-state index in [0.717, 1.165) is 19.4 Å². The predicted octanol–water partition coefficient (Wildman–Crippen LogP) is 1.93. The highest BCUT2D eigenvalue weighted by molar-refractivity contribution is 4.58. The van der Waals surface area contributed by atoms with E-state index in [0.29, 0.717) is 13.1 Å². The second-order valence-corrected chi connectivity index (χ2v) is 3.79. The zero-order valence-corrected chi connectivity index (χ0v) is 9.25. The summed E-state index contributed by atoms with van der Waals surface area (Å²) in [5.41, 5.74) is 0. The molecular formula is C10H23N2O-. The van der Waals surface area contributed by atoms with Gasteiger partial charge in [-0.1, -0.05) is 19.8 Å². The van der Waals surface area contributed by atoms with Gasteiger partial charge in [-0.15, -0.1) is 0 Å². The fourth-order valence-corrected chi connectivity index (χ4v) is 1.21. The topological polar surface area (TPSA) is 29.5 Å². The smallest absolute Gasteiger partial charge is 0.00130 e. The maximum absolute atomic E-state index is 11.2. The summed E-state index contributed by atoms with van der Waals surface area (Å²) < 4.78 is 0. The summed E-state index contributed by atoms with van der Waals surface area (Å²) in [6, 6.07) is 0. The second kappa shape index (κ2) is 8.48. The van der Waals surface area contributed by atoms with Crippen LogP contribution in [0.5, 0.6) is 0 Å². The normalized spacial score (nSPS) is 11.5. The number of hydroxylamine groups is 2. The lowest BCUT2D eigenvalue weighted by Gasteiger charge is -2.28. The van der Waals surface area contributed by atoms with Gasteiger partial charge in [0.15, 0.2) is 0 Å². The van der Waals surface area contributed by atoms with Crippen molar-refractivity contribution >= 4 is 0 Å². The lowest BCUT2D eigenvalue weighted by Crippen LogP contribution is -2.23. The highest BCUT2D eigenvalue weighted by atomic mass is 16.5. The zero-order valence-electron chi connectivity index (χ0n) is 9.25. The van der Waals surface area contributed by atoms with Gasteiger partial charge in [0, 0.05) is 0 Å². The minimum Gasteiger partial charge on any atom is -0.785 e. The van der Waals surface area contributed by atoms with Crippen LogP contribution in [-0.2, 0) is 0 Å². The first-order valence-corrected chi connectivity index (χ1v) is 5.23. The molecule has 0 unspecified atom stereocenters. The van der Waals surface area contributed by atoms with Crippen LogP contribution in [0.25, 0.3) is 0 Å². The Hall–Kier alpha value is -0.120.